The van der Waals surface area contributed by atoms with Crippen LogP contribution in [0.25, 0.3) is 5.70 Å². The van der Waals surface area contributed by atoms with Crippen LogP contribution in [0.4, 0.5) is 13.2 Å². The highest BCUT2D eigenvalue weighted by Crippen LogP contribution is 2.40. The molecule has 3 nitrogen and oxygen atoms in total. The van der Waals surface area contributed by atoms with Crippen LogP contribution in [-0.4, -0.2) is 29.4 Å². The highest BCUT2D eigenvalue weighted by molar-refractivity contribution is 5.86. The Morgan fingerprint density at radius 3 is 2.52 bits per heavy atom. The summed E-state index contributed by atoms with van der Waals surface area (Å²) < 4.78 is 39.7. The molecule has 2 unspecified atom stereocenters. The topological polar surface area (TPSA) is 32.3 Å². The first-order chi connectivity index (χ1) is 13.8. The Bertz CT molecular complexity index is 779. The third-order valence-corrected chi connectivity index (χ3v) is 6.55. The fraction of sp³-hybridized carbons (Fsp3) is 0.609. The van der Waals surface area contributed by atoms with Crippen LogP contribution in [0.5, 0.6) is 0 Å². The Labute approximate surface area is 170 Å². The maximum atomic E-state index is 13.2. The second-order valence-corrected chi connectivity index (χ2v) is 8.84. The molecule has 0 aromatic heterocycles. The number of rotatable bonds is 5. The largest absolute Gasteiger partial charge is 0.416 e. The van der Waals surface area contributed by atoms with Crippen molar-refractivity contribution in [3.05, 3.63) is 41.5 Å². The molecule has 0 radical (unpaired) electrons. The molecule has 158 valence electrons. The lowest BCUT2D eigenvalue weighted by Crippen LogP contribution is -2.44. The molecule has 1 N–H and O–H groups in total. The summed E-state index contributed by atoms with van der Waals surface area (Å²) >= 11 is 0. The van der Waals surface area contributed by atoms with Crippen LogP contribution in [-0.2, 0) is 11.0 Å². The Kier molecular flexibility index (Phi) is 5.63. The molecular weight excluding hydrogens is 377 g/mol. The van der Waals surface area contributed by atoms with E-state index in [1.807, 2.05) is 13.0 Å². The molecule has 0 saturated heterocycles. The van der Waals surface area contributed by atoms with E-state index in [1.165, 1.54) is 18.6 Å². The summed E-state index contributed by atoms with van der Waals surface area (Å²) in [5, 5.41) is 3.20. The molecule has 2 fully saturated rings. The second kappa shape index (κ2) is 8.04. The summed E-state index contributed by atoms with van der Waals surface area (Å²) in [7, 11) is 0. The summed E-state index contributed by atoms with van der Waals surface area (Å²) in [4.78, 5) is 15.2. The molecule has 1 heterocycles. The van der Waals surface area contributed by atoms with Crippen LogP contribution in [0, 0.1) is 11.8 Å². The smallest absolute Gasteiger partial charge is 0.367 e. The molecular formula is C23H29F3N2O. The SMILES string of the molecule is CC1C(C(=O)NC2CCCCC2)C=C(c2cccc(C(F)(F)F)c2)N1CC1CC1. The van der Waals surface area contributed by atoms with Crippen molar-refractivity contribution in [1.29, 1.82) is 0 Å². The molecule has 1 aliphatic heterocycles. The normalized spacial score (nSPS) is 25.8. The van der Waals surface area contributed by atoms with E-state index >= 15 is 0 Å². The second-order valence-electron chi connectivity index (χ2n) is 8.84. The van der Waals surface area contributed by atoms with Gasteiger partial charge in [-0.05, 0) is 62.3 Å². The minimum absolute atomic E-state index is 0.00664. The van der Waals surface area contributed by atoms with Gasteiger partial charge in [-0.1, -0.05) is 31.4 Å². The maximum absolute atomic E-state index is 13.2. The Balaban J connectivity index is 1.58. The third kappa shape index (κ3) is 4.62. The van der Waals surface area contributed by atoms with Gasteiger partial charge in [-0.25, -0.2) is 0 Å². The van der Waals surface area contributed by atoms with Crippen LogP contribution in [0.2, 0.25) is 0 Å². The van der Waals surface area contributed by atoms with E-state index in [2.05, 4.69) is 10.2 Å². The van der Waals surface area contributed by atoms with Gasteiger partial charge < -0.3 is 10.2 Å². The van der Waals surface area contributed by atoms with Crippen molar-refractivity contribution in [1.82, 2.24) is 10.2 Å². The zero-order valence-corrected chi connectivity index (χ0v) is 16.8. The van der Waals surface area contributed by atoms with E-state index in [4.69, 9.17) is 0 Å². The molecule has 1 aromatic carbocycles. The van der Waals surface area contributed by atoms with Gasteiger partial charge in [0.15, 0.2) is 0 Å². The van der Waals surface area contributed by atoms with Crippen molar-refractivity contribution in [2.75, 3.05) is 6.54 Å². The van der Waals surface area contributed by atoms with E-state index < -0.39 is 11.7 Å². The van der Waals surface area contributed by atoms with Crippen molar-refractivity contribution in [2.45, 2.75) is 70.1 Å². The predicted molar refractivity (Wildman–Crippen MR) is 107 cm³/mol. The molecule has 0 spiro atoms. The number of hydrogen-bond acceptors (Lipinski definition) is 2. The zero-order chi connectivity index (χ0) is 20.6. The van der Waals surface area contributed by atoms with Crippen molar-refractivity contribution in [3.63, 3.8) is 0 Å². The van der Waals surface area contributed by atoms with Crippen molar-refractivity contribution in [3.8, 4) is 0 Å². The van der Waals surface area contributed by atoms with E-state index in [0.717, 1.165) is 56.8 Å². The van der Waals surface area contributed by atoms with E-state index in [0.29, 0.717) is 11.5 Å². The first kappa shape index (κ1) is 20.3. The molecule has 1 amide bonds. The standard InChI is InChI=1S/C23H29F3N2O/c1-15-20(22(29)27-19-8-3-2-4-9-19)13-21(28(15)14-16-10-11-16)17-6-5-7-18(12-17)23(24,25)26/h5-7,12-13,15-16,19-20H,2-4,8-11,14H2,1H3,(H,27,29). The first-order valence-corrected chi connectivity index (χ1v) is 10.8. The lowest BCUT2D eigenvalue weighted by atomic mass is 9.94. The predicted octanol–water partition coefficient (Wildman–Crippen LogP) is 5.23. The maximum Gasteiger partial charge on any atom is 0.416 e. The van der Waals surface area contributed by atoms with Gasteiger partial charge in [0, 0.05) is 24.3 Å². The minimum atomic E-state index is -4.38. The molecule has 29 heavy (non-hydrogen) atoms. The van der Waals surface area contributed by atoms with Gasteiger partial charge in [-0.2, -0.15) is 13.2 Å². The van der Waals surface area contributed by atoms with Crippen LogP contribution >= 0.6 is 0 Å². The third-order valence-electron chi connectivity index (χ3n) is 6.55. The molecule has 2 saturated carbocycles. The van der Waals surface area contributed by atoms with Crippen molar-refractivity contribution >= 4 is 11.6 Å². The first-order valence-electron chi connectivity index (χ1n) is 10.8. The summed E-state index contributed by atoms with van der Waals surface area (Å²) in [6.07, 6.45) is 5.36. The van der Waals surface area contributed by atoms with Gasteiger partial charge in [0.25, 0.3) is 0 Å². The number of carbonyl (C=O) groups is 1. The van der Waals surface area contributed by atoms with Crippen LogP contribution in [0.1, 0.15) is 63.0 Å². The van der Waals surface area contributed by atoms with Crippen molar-refractivity contribution in [2.24, 2.45) is 11.8 Å². The number of nitrogens with zero attached hydrogens (tertiary/aromatic N) is 1. The van der Waals surface area contributed by atoms with Gasteiger partial charge in [-0.15, -0.1) is 0 Å². The Hall–Kier alpha value is -1.98. The van der Waals surface area contributed by atoms with Crippen LogP contribution in [0.15, 0.2) is 30.3 Å². The number of amides is 1. The lowest BCUT2D eigenvalue weighted by molar-refractivity contribution is -0.137. The fourth-order valence-electron chi connectivity index (χ4n) is 4.62. The average Bonchev–Trinajstić information content (AvgIpc) is 3.45. The fourth-order valence-corrected chi connectivity index (χ4v) is 4.62. The van der Waals surface area contributed by atoms with Gasteiger partial charge >= 0.3 is 6.18 Å². The summed E-state index contributed by atoms with van der Waals surface area (Å²) in [6.45, 7) is 2.82. The molecule has 1 aromatic rings. The summed E-state index contributed by atoms with van der Waals surface area (Å²) in [5.41, 5.74) is 0.657. The number of nitrogens with one attached hydrogen (secondary N) is 1. The molecule has 2 atom stereocenters. The highest BCUT2D eigenvalue weighted by atomic mass is 19.4. The monoisotopic (exact) mass is 406 g/mol. The quantitative estimate of drug-likeness (QED) is 0.727. The van der Waals surface area contributed by atoms with Gasteiger partial charge in [0.2, 0.25) is 5.91 Å². The van der Waals surface area contributed by atoms with Gasteiger partial charge in [0.1, 0.15) is 0 Å². The molecule has 6 heteroatoms. The molecule has 2 aliphatic carbocycles. The number of halogens is 3. The Morgan fingerprint density at radius 1 is 1.14 bits per heavy atom. The molecule has 3 aliphatic rings. The number of alkyl halides is 3. The van der Waals surface area contributed by atoms with Crippen LogP contribution < -0.4 is 5.32 Å². The van der Waals surface area contributed by atoms with Crippen LogP contribution in [0.3, 0.4) is 0 Å². The van der Waals surface area contributed by atoms with Gasteiger partial charge in [0.05, 0.1) is 11.5 Å². The average molecular weight is 406 g/mol. The summed E-state index contributed by atoms with van der Waals surface area (Å²) in [5.74, 6) is 0.249. The van der Waals surface area contributed by atoms with E-state index in [1.54, 1.807) is 6.07 Å². The Morgan fingerprint density at radius 2 is 1.86 bits per heavy atom. The minimum Gasteiger partial charge on any atom is -0.367 e. The molecule has 0 bridgehead atoms. The summed E-state index contributed by atoms with van der Waals surface area (Å²) in [6, 6.07) is 5.65. The number of hydrogen-bond donors (Lipinski definition) is 1. The zero-order valence-electron chi connectivity index (χ0n) is 16.8. The molecule has 4 rings (SSSR count). The van der Waals surface area contributed by atoms with Gasteiger partial charge in [-0.3, -0.25) is 4.79 Å². The number of benzene rings is 1. The lowest BCUT2D eigenvalue weighted by Gasteiger charge is -2.31. The van der Waals surface area contributed by atoms with E-state index in [9.17, 15) is 18.0 Å². The highest BCUT2D eigenvalue weighted by Gasteiger charge is 2.40. The number of carbonyl (C=O) groups excluding carboxylic acids is 1. The van der Waals surface area contributed by atoms with E-state index in [-0.39, 0.29) is 23.9 Å². The van der Waals surface area contributed by atoms with Crippen molar-refractivity contribution < 1.29 is 18.0 Å².